The maximum absolute atomic E-state index is 12.8. The van der Waals surface area contributed by atoms with E-state index >= 15 is 0 Å². The lowest BCUT2D eigenvalue weighted by Crippen LogP contribution is -2.67. The van der Waals surface area contributed by atoms with Gasteiger partial charge in [-0.05, 0) is 12.1 Å². The van der Waals surface area contributed by atoms with Crippen molar-refractivity contribution in [1.82, 2.24) is 28.7 Å². The van der Waals surface area contributed by atoms with E-state index in [0.717, 1.165) is 0 Å². The van der Waals surface area contributed by atoms with E-state index in [1.54, 1.807) is 18.2 Å². The Morgan fingerprint density at radius 3 is 2.69 bits per heavy atom. The van der Waals surface area contributed by atoms with Crippen molar-refractivity contribution < 1.29 is 21.6 Å². The monoisotopic (exact) mass is 426 g/mol. The number of fused-ring (bicyclic) bond motifs is 1. The summed E-state index contributed by atoms with van der Waals surface area (Å²) >= 11 is 0. The fraction of sp³-hybridized carbons (Fsp3) is 0.333. The average Bonchev–Trinajstić information content (AvgIpc) is 3.22. The smallest absolute Gasteiger partial charge is 0.366 e. The van der Waals surface area contributed by atoms with Gasteiger partial charge >= 0.3 is 15.5 Å². The highest BCUT2D eigenvalue weighted by Gasteiger charge is 2.60. The number of hydrogen-bond donors (Lipinski definition) is 1. The van der Waals surface area contributed by atoms with Crippen LogP contribution in [0.1, 0.15) is 0 Å². The van der Waals surface area contributed by atoms with Crippen molar-refractivity contribution in [2.45, 2.75) is 11.0 Å². The van der Waals surface area contributed by atoms with E-state index in [-0.39, 0.29) is 12.5 Å². The third-order valence-corrected chi connectivity index (χ3v) is 6.21. The van der Waals surface area contributed by atoms with Crippen LogP contribution in [0.5, 0.6) is 0 Å². The molecule has 0 unspecified atom stereocenters. The maximum Gasteiger partial charge on any atom is 0.511 e. The molecule has 0 amide bonds. The van der Waals surface area contributed by atoms with E-state index < -0.39 is 34.2 Å². The summed E-state index contributed by atoms with van der Waals surface area (Å²) in [5.74, 6) is 0.0707. The first-order chi connectivity index (χ1) is 13.6. The highest BCUT2D eigenvalue weighted by molar-refractivity contribution is 7.90. The molecular formula is C15H13F3N8O2S. The van der Waals surface area contributed by atoms with Gasteiger partial charge in [-0.15, -0.1) is 5.10 Å². The first-order valence-electron chi connectivity index (χ1n) is 8.14. The third-order valence-electron chi connectivity index (χ3n) is 4.69. The van der Waals surface area contributed by atoms with Crippen molar-refractivity contribution in [3.05, 3.63) is 42.0 Å². The summed E-state index contributed by atoms with van der Waals surface area (Å²) in [6, 6.07) is 5.15. The molecule has 1 aliphatic rings. The zero-order valence-electron chi connectivity index (χ0n) is 14.6. The van der Waals surface area contributed by atoms with Crippen LogP contribution in [0, 0.1) is 6.57 Å². The minimum absolute atomic E-state index is 0.0707. The molecule has 0 aromatic carbocycles. The Bertz CT molecular complexity index is 1230. The van der Waals surface area contributed by atoms with E-state index in [4.69, 9.17) is 12.3 Å². The molecule has 152 valence electrons. The number of halogens is 3. The first-order valence-corrected chi connectivity index (χ1v) is 9.58. The van der Waals surface area contributed by atoms with Crippen molar-refractivity contribution in [2.75, 3.05) is 25.4 Å². The van der Waals surface area contributed by atoms with Gasteiger partial charge in [0.15, 0.2) is 11.2 Å². The van der Waals surface area contributed by atoms with Gasteiger partial charge in [0.25, 0.3) is 0 Å². The quantitative estimate of drug-likeness (QED) is 0.621. The summed E-state index contributed by atoms with van der Waals surface area (Å²) in [6.07, 6.45) is 2.99. The predicted molar refractivity (Wildman–Crippen MR) is 94.6 cm³/mol. The lowest BCUT2D eigenvalue weighted by atomic mass is 9.92. The Balaban J connectivity index is 1.68. The number of nitrogens with zero attached hydrogens (tertiary/aromatic N) is 7. The zero-order valence-corrected chi connectivity index (χ0v) is 15.4. The lowest BCUT2D eigenvalue weighted by molar-refractivity contribution is -0.0558. The molecule has 14 heteroatoms. The first kappa shape index (κ1) is 19.2. The number of alkyl halides is 3. The maximum atomic E-state index is 12.8. The van der Waals surface area contributed by atoms with Crippen LogP contribution in [0.4, 0.5) is 19.1 Å². The van der Waals surface area contributed by atoms with Crippen LogP contribution in [0.2, 0.25) is 0 Å². The second kappa shape index (κ2) is 6.16. The van der Waals surface area contributed by atoms with Crippen LogP contribution in [0.15, 0.2) is 30.6 Å². The molecule has 3 aromatic rings. The summed E-state index contributed by atoms with van der Waals surface area (Å²) < 4.78 is 64.7. The van der Waals surface area contributed by atoms with Crippen molar-refractivity contribution in [3.8, 4) is 11.3 Å². The molecule has 1 aliphatic heterocycles. The summed E-state index contributed by atoms with van der Waals surface area (Å²) in [4.78, 5) is 7.32. The van der Waals surface area contributed by atoms with E-state index in [2.05, 4.69) is 20.0 Å². The molecule has 1 fully saturated rings. The highest BCUT2D eigenvalue weighted by atomic mass is 32.2. The lowest BCUT2D eigenvalue weighted by Gasteiger charge is -2.45. The molecule has 2 N–H and O–H groups in total. The van der Waals surface area contributed by atoms with E-state index in [9.17, 15) is 21.6 Å². The minimum atomic E-state index is -5.46. The number of sulfonamides is 1. The van der Waals surface area contributed by atoms with Gasteiger partial charge in [-0.3, -0.25) is 4.68 Å². The van der Waals surface area contributed by atoms with Gasteiger partial charge in [-0.1, -0.05) is 6.07 Å². The largest absolute Gasteiger partial charge is 0.511 e. The Morgan fingerprint density at radius 2 is 2.03 bits per heavy atom. The molecule has 0 aliphatic carbocycles. The van der Waals surface area contributed by atoms with Crippen LogP contribution in [0.3, 0.4) is 0 Å². The normalized spacial score (nSPS) is 17.2. The highest BCUT2D eigenvalue weighted by Crippen LogP contribution is 2.38. The van der Waals surface area contributed by atoms with Crippen molar-refractivity contribution >= 4 is 21.6 Å². The van der Waals surface area contributed by atoms with Gasteiger partial charge in [-0.2, -0.15) is 27.6 Å². The molecule has 0 atom stereocenters. The summed E-state index contributed by atoms with van der Waals surface area (Å²) in [5.41, 5.74) is 0.673. The molecule has 3 aromatic heterocycles. The molecule has 0 bridgehead atoms. The molecule has 0 saturated carbocycles. The zero-order chi connectivity index (χ0) is 21.0. The van der Waals surface area contributed by atoms with Crippen molar-refractivity contribution in [2.24, 2.45) is 0 Å². The van der Waals surface area contributed by atoms with E-state index in [1.807, 2.05) is 0 Å². The number of pyridine rings is 1. The average molecular weight is 426 g/mol. The van der Waals surface area contributed by atoms with Gasteiger partial charge in [0.2, 0.25) is 12.5 Å². The Kier molecular flexibility index (Phi) is 4.07. The van der Waals surface area contributed by atoms with Crippen LogP contribution in [0.25, 0.3) is 21.7 Å². The Hall–Kier alpha value is -3.18. The van der Waals surface area contributed by atoms with E-state index in [0.29, 0.717) is 21.2 Å². The number of anilines is 1. The summed E-state index contributed by atoms with van der Waals surface area (Å²) in [6.45, 7) is 5.90. The van der Waals surface area contributed by atoms with Crippen LogP contribution < -0.4 is 5.73 Å². The molecule has 1 saturated heterocycles. The molecule has 10 nitrogen and oxygen atoms in total. The van der Waals surface area contributed by atoms with E-state index in [1.165, 1.54) is 21.6 Å². The number of nitrogen functional groups attached to an aromatic ring is 1. The Morgan fingerprint density at radius 1 is 1.31 bits per heavy atom. The predicted octanol–water partition coefficient (Wildman–Crippen LogP) is 0.955. The molecule has 4 rings (SSSR count). The fourth-order valence-electron chi connectivity index (χ4n) is 3.25. The van der Waals surface area contributed by atoms with Crippen LogP contribution in [-0.2, 0) is 15.6 Å². The van der Waals surface area contributed by atoms with Crippen molar-refractivity contribution in [1.29, 1.82) is 0 Å². The molecular weight excluding hydrogens is 413 g/mol. The second-order valence-corrected chi connectivity index (χ2v) is 8.51. The van der Waals surface area contributed by atoms with Crippen LogP contribution in [-0.4, -0.2) is 62.2 Å². The van der Waals surface area contributed by atoms with Gasteiger partial charge in [0.1, 0.15) is 0 Å². The number of aromatic nitrogens is 5. The number of rotatable bonds is 4. The summed E-state index contributed by atoms with van der Waals surface area (Å²) in [7, 11) is -5.46. The van der Waals surface area contributed by atoms with Gasteiger partial charge in [0.05, 0.1) is 11.9 Å². The standard InChI is InChI=1S/C15H13F3N8O2S/c1-20-7-14(8-24(9-14)29(27,28)15(16,17)18)25-6-10(5-21-25)11-3-2-4-12-22-13(19)23-26(11)12/h2-6H,7-9H2,(H2,19,23). The molecule has 0 radical (unpaired) electrons. The van der Waals surface area contributed by atoms with Gasteiger partial charge in [0, 0.05) is 24.8 Å². The van der Waals surface area contributed by atoms with Crippen molar-refractivity contribution in [3.63, 3.8) is 0 Å². The molecule has 4 heterocycles. The second-order valence-electron chi connectivity index (χ2n) is 6.58. The molecule has 29 heavy (non-hydrogen) atoms. The minimum Gasteiger partial charge on any atom is -0.366 e. The van der Waals surface area contributed by atoms with Crippen LogP contribution >= 0.6 is 0 Å². The summed E-state index contributed by atoms with van der Waals surface area (Å²) in [5, 5.41) is 8.26. The topological polar surface area (TPSA) is 116 Å². The Labute approximate surface area is 162 Å². The van der Waals surface area contributed by atoms with Gasteiger partial charge < -0.3 is 10.6 Å². The SMILES string of the molecule is [C-]#[N+]CC1(n2cc(-c3cccc4nc(N)nn34)cn2)CN(S(=O)(=O)C(F)(F)F)C1. The van der Waals surface area contributed by atoms with Gasteiger partial charge in [-0.25, -0.2) is 19.5 Å². The molecule has 0 spiro atoms. The fourth-order valence-corrected chi connectivity index (χ4v) is 4.36. The third kappa shape index (κ3) is 2.89. The number of hydrogen-bond acceptors (Lipinski definition) is 6. The number of nitrogens with two attached hydrogens (primary N) is 1.